The molecule has 0 aliphatic heterocycles. The van der Waals surface area contributed by atoms with Gasteiger partial charge in [0.1, 0.15) is 5.76 Å². The van der Waals surface area contributed by atoms with E-state index in [9.17, 15) is 0 Å². The summed E-state index contributed by atoms with van der Waals surface area (Å²) in [5.74, 6) is 2.46. The Balaban J connectivity index is 1.97. The maximum atomic E-state index is 5.46. The zero-order valence-corrected chi connectivity index (χ0v) is 13.1. The molecule has 3 aromatic heterocycles. The Labute approximate surface area is 133 Å². The Morgan fingerprint density at radius 1 is 1.32 bits per heavy atom. The van der Waals surface area contributed by atoms with E-state index in [1.807, 2.05) is 35.8 Å². The molecule has 5 nitrogen and oxygen atoms in total. The van der Waals surface area contributed by atoms with Crippen molar-refractivity contribution in [3.05, 3.63) is 60.8 Å². The van der Waals surface area contributed by atoms with Crippen molar-refractivity contribution in [3.8, 4) is 11.4 Å². The summed E-state index contributed by atoms with van der Waals surface area (Å²) >= 11 is 1.62. The molecule has 0 radical (unpaired) electrons. The molecule has 0 saturated heterocycles. The molecule has 0 unspecified atom stereocenters. The second kappa shape index (κ2) is 6.62. The highest BCUT2D eigenvalue weighted by Gasteiger charge is 2.15. The van der Waals surface area contributed by atoms with Crippen molar-refractivity contribution in [2.75, 3.05) is 5.75 Å². The molecule has 3 aromatic rings. The van der Waals surface area contributed by atoms with Crippen LogP contribution in [0.25, 0.3) is 11.4 Å². The van der Waals surface area contributed by atoms with E-state index in [1.54, 1.807) is 30.4 Å². The van der Waals surface area contributed by atoms with Crippen molar-refractivity contribution < 1.29 is 4.42 Å². The van der Waals surface area contributed by atoms with Gasteiger partial charge in [0.05, 0.1) is 12.8 Å². The first-order valence-electron chi connectivity index (χ1n) is 6.87. The fourth-order valence-electron chi connectivity index (χ4n) is 1.99. The van der Waals surface area contributed by atoms with Crippen molar-refractivity contribution in [1.29, 1.82) is 0 Å². The highest BCUT2D eigenvalue weighted by Crippen LogP contribution is 2.25. The van der Waals surface area contributed by atoms with Gasteiger partial charge >= 0.3 is 0 Å². The zero-order valence-electron chi connectivity index (χ0n) is 12.3. The van der Waals surface area contributed by atoms with Gasteiger partial charge in [-0.15, -0.1) is 10.2 Å². The first-order chi connectivity index (χ1) is 10.7. The van der Waals surface area contributed by atoms with Gasteiger partial charge < -0.3 is 4.42 Å². The lowest BCUT2D eigenvalue weighted by Crippen LogP contribution is -2.04. The summed E-state index contributed by atoms with van der Waals surface area (Å²) in [4.78, 5) is 4.16. The van der Waals surface area contributed by atoms with Gasteiger partial charge in [-0.25, -0.2) is 0 Å². The molecule has 0 N–H and O–H groups in total. The molecule has 0 saturated carbocycles. The summed E-state index contributed by atoms with van der Waals surface area (Å²) in [6.07, 6.45) is 5.20. The lowest BCUT2D eigenvalue weighted by Gasteiger charge is -2.08. The molecule has 3 rings (SSSR count). The Bertz CT molecular complexity index is 750. The number of rotatable bonds is 6. The smallest absolute Gasteiger partial charge is 0.192 e. The van der Waals surface area contributed by atoms with Crippen LogP contribution in [0.15, 0.2) is 64.6 Å². The van der Waals surface area contributed by atoms with E-state index in [2.05, 4.69) is 21.8 Å². The molecule has 0 atom stereocenters. The Morgan fingerprint density at radius 2 is 2.23 bits per heavy atom. The largest absolute Gasteiger partial charge is 0.467 e. The second-order valence-corrected chi connectivity index (χ2v) is 5.90. The van der Waals surface area contributed by atoms with Crippen LogP contribution >= 0.6 is 11.8 Å². The van der Waals surface area contributed by atoms with E-state index in [4.69, 9.17) is 4.42 Å². The fourth-order valence-corrected chi connectivity index (χ4v) is 2.77. The molecule has 22 heavy (non-hydrogen) atoms. The standard InChI is InChI=1S/C16H16N4OS/c1-12(2)11-22-16-19-18-15(13-5-3-7-17-9-13)20(16)10-14-6-4-8-21-14/h3-9H,1,10-11H2,2H3. The van der Waals surface area contributed by atoms with Crippen LogP contribution in [0.5, 0.6) is 0 Å². The van der Waals surface area contributed by atoms with E-state index < -0.39 is 0 Å². The summed E-state index contributed by atoms with van der Waals surface area (Å²) in [6.45, 7) is 6.52. The van der Waals surface area contributed by atoms with Crippen molar-refractivity contribution in [3.63, 3.8) is 0 Å². The molecule has 112 valence electrons. The van der Waals surface area contributed by atoms with Gasteiger partial charge in [0.15, 0.2) is 11.0 Å². The molecule has 0 aliphatic carbocycles. The van der Waals surface area contributed by atoms with Crippen LogP contribution in [0.4, 0.5) is 0 Å². The topological polar surface area (TPSA) is 56.7 Å². The van der Waals surface area contributed by atoms with Gasteiger partial charge in [0.25, 0.3) is 0 Å². The first kappa shape index (κ1) is 14.6. The maximum Gasteiger partial charge on any atom is 0.192 e. The number of furan rings is 1. The number of thioether (sulfide) groups is 1. The van der Waals surface area contributed by atoms with Crippen molar-refractivity contribution >= 4 is 11.8 Å². The van der Waals surface area contributed by atoms with E-state index in [0.717, 1.165) is 33.6 Å². The fraction of sp³-hybridized carbons (Fsp3) is 0.188. The van der Waals surface area contributed by atoms with Crippen LogP contribution in [0.1, 0.15) is 12.7 Å². The van der Waals surface area contributed by atoms with Crippen LogP contribution in [-0.2, 0) is 6.54 Å². The van der Waals surface area contributed by atoms with Crippen LogP contribution < -0.4 is 0 Å². The number of hydrogen-bond donors (Lipinski definition) is 0. The van der Waals surface area contributed by atoms with Gasteiger partial charge in [-0.1, -0.05) is 23.9 Å². The van der Waals surface area contributed by atoms with Gasteiger partial charge in [-0.2, -0.15) is 0 Å². The number of hydrogen-bond acceptors (Lipinski definition) is 5. The van der Waals surface area contributed by atoms with Gasteiger partial charge in [0.2, 0.25) is 0 Å². The SMILES string of the molecule is C=C(C)CSc1nnc(-c2cccnc2)n1Cc1ccco1. The van der Waals surface area contributed by atoms with Crippen LogP contribution in [0.2, 0.25) is 0 Å². The quantitative estimate of drug-likeness (QED) is 0.513. The van der Waals surface area contributed by atoms with Crippen molar-refractivity contribution in [1.82, 2.24) is 19.7 Å². The number of nitrogens with zero attached hydrogens (tertiary/aromatic N) is 4. The summed E-state index contributed by atoms with van der Waals surface area (Å²) in [7, 11) is 0. The predicted octanol–water partition coefficient (Wildman–Crippen LogP) is 3.65. The van der Waals surface area contributed by atoms with E-state index in [-0.39, 0.29) is 0 Å². The van der Waals surface area contributed by atoms with E-state index in [0.29, 0.717) is 6.54 Å². The number of aromatic nitrogens is 4. The molecule has 0 spiro atoms. The Morgan fingerprint density at radius 3 is 2.91 bits per heavy atom. The van der Waals surface area contributed by atoms with E-state index in [1.165, 1.54) is 0 Å². The Hall–Kier alpha value is -2.34. The lowest BCUT2D eigenvalue weighted by molar-refractivity contribution is 0.485. The highest BCUT2D eigenvalue weighted by molar-refractivity contribution is 7.99. The minimum Gasteiger partial charge on any atom is -0.467 e. The lowest BCUT2D eigenvalue weighted by atomic mass is 10.2. The first-order valence-corrected chi connectivity index (χ1v) is 7.86. The minimum atomic E-state index is 0.586. The van der Waals surface area contributed by atoms with Crippen molar-refractivity contribution in [2.45, 2.75) is 18.6 Å². The third-order valence-corrected chi connectivity index (χ3v) is 4.18. The molecule has 3 heterocycles. The van der Waals surface area contributed by atoms with Gasteiger partial charge in [-0.05, 0) is 31.2 Å². The zero-order chi connectivity index (χ0) is 15.4. The average Bonchev–Trinajstić information content (AvgIpc) is 3.16. The Kier molecular flexibility index (Phi) is 4.39. The van der Waals surface area contributed by atoms with Crippen molar-refractivity contribution in [2.24, 2.45) is 0 Å². The molecule has 0 bridgehead atoms. The molecule has 0 fully saturated rings. The van der Waals surface area contributed by atoms with E-state index >= 15 is 0 Å². The summed E-state index contributed by atoms with van der Waals surface area (Å²) in [5, 5.41) is 9.48. The van der Waals surface area contributed by atoms with Crippen LogP contribution in [0, 0.1) is 0 Å². The second-order valence-electron chi connectivity index (χ2n) is 4.96. The molecule has 0 aliphatic rings. The van der Waals surface area contributed by atoms with Gasteiger partial charge in [-0.3, -0.25) is 9.55 Å². The number of pyridine rings is 1. The highest BCUT2D eigenvalue weighted by atomic mass is 32.2. The molecular weight excluding hydrogens is 296 g/mol. The normalized spacial score (nSPS) is 10.8. The third kappa shape index (κ3) is 3.28. The van der Waals surface area contributed by atoms with Crippen LogP contribution in [-0.4, -0.2) is 25.5 Å². The van der Waals surface area contributed by atoms with Gasteiger partial charge in [0, 0.05) is 23.7 Å². The maximum absolute atomic E-state index is 5.46. The monoisotopic (exact) mass is 312 g/mol. The molecule has 0 aromatic carbocycles. The predicted molar refractivity (Wildman–Crippen MR) is 86.6 cm³/mol. The molecule has 6 heteroatoms. The average molecular weight is 312 g/mol. The summed E-state index contributed by atoms with van der Waals surface area (Å²) in [6, 6.07) is 7.69. The molecular formula is C16H16N4OS. The molecule has 0 amide bonds. The third-order valence-electron chi connectivity index (χ3n) is 2.98. The minimum absolute atomic E-state index is 0.586. The summed E-state index contributed by atoms with van der Waals surface area (Å²) in [5.41, 5.74) is 2.03. The summed E-state index contributed by atoms with van der Waals surface area (Å²) < 4.78 is 7.50. The van der Waals surface area contributed by atoms with Crippen LogP contribution in [0.3, 0.4) is 0 Å².